The molecule has 2 heterocycles. The van der Waals surface area contributed by atoms with E-state index in [-0.39, 0.29) is 35.7 Å². The van der Waals surface area contributed by atoms with Crippen LogP contribution >= 0.6 is 0 Å². The minimum atomic E-state index is -2.89. The topological polar surface area (TPSA) is 71.5 Å². The van der Waals surface area contributed by atoms with Gasteiger partial charge in [0, 0.05) is 19.0 Å². The van der Waals surface area contributed by atoms with Gasteiger partial charge in [-0.1, -0.05) is 0 Å². The third-order valence-electron chi connectivity index (χ3n) is 3.27. The van der Waals surface area contributed by atoms with Crippen LogP contribution in [0.1, 0.15) is 25.7 Å². The summed E-state index contributed by atoms with van der Waals surface area (Å²) in [5, 5.41) is 0. The number of Topliss-reactive ketones (excluding diaryl/α,β-unsaturated/α-hetero) is 1. The van der Waals surface area contributed by atoms with Crippen molar-refractivity contribution in [2.24, 2.45) is 0 Å². The normalized spacial score (nSPS) is 27.1. The average molecular weight is 245 g/mol. The van der Waals surface area contributed by atoms with Crippen molar-refractivity contribution in [3.63, 3.8) is 0 Å². The van der Waals surface area contributed by atoms with Gasteiger partial charge in [0.05, 0.1) is 17.9 Å². The van der Waals surface area contributed by atoms with Crippen molar-refractivity contribution < 1.29 is 18.0 Å². The highest BCUT2D eigenvalue weighted by Crippen LogP contribution is 2.21. The Morgan fingerprint density at radius 1 is 1.12 bits per heavy atom. The van der Waals surface area contributed by atoms with Crippen molar-refractivity contribution >= 4 is 21.5 Å². The molecule has 0 atom stereocenters. The van der Waals surface area contributed by atoms with Crippen molar-refractivity contribution in [2.45, 2.75) is 31.7 Å². The molecule has 0 aromatic rings. The summed E-state index contributed by atoms with van der Waals surface area (Å²) in [6, 6.07) is 0.0177. The van der Waals surface area contributed by atoms with Gasteiger partial charge in [-0.15, -0.1) is 0 Å². The molecule has 2 fully saturated rings. The predicted molar refractivity (Wildman–Crippen MR) is 57.6 cm³/mol. The van der Waals surface area contributed by atoms with Gasteiger partial charge in [-0.2, -0.15) is 0 Å². The van der Waals surface area contributed by atoms with E-state index in [1.165, 1.54) is 0 Å². The van der Waals surface area contributed by atoms with Crippen LogP contribution in [0.3, 0.4) is 0 Å². The number of amides is 1. The molecular formula is C10H15NO4S. The van der Waals surface area contributed by atoms with E-state index in [0.29, 0.717) is 25.8 Å². The maximum absolute atomic E-state index is 11.6. The molecule has 2 aliphatic rings. The zero-order valence-electron chi connectivity index (χ0n) is 9.02. The van der Waals surface area contributed by atoms with Crippen LogP contribution < -0.4 is 0 Å². The highest BCUT2D eigenvalue weighted by Gasteiger charge is 2.33. The van der Waals surface area contributed by atoms with E-state index in [2.05, 4.69) is 0 Å². The molecule has 6 heteroatoms. The van der Waals surface area contributed by atoms with Crippen molar-refractivity contribution in [1.82, 2.24) is 4.90 Å². The number of ketones is 1. The van der Waals surface area contributed by atoms with Gasteiger partial charge >= 0.3 is 0 Å². The average Bonchev–Trinajstić information content (AvgIpc) is 2.19. The number of hydrogen-bond acceptors (Lipinski definition) is 4. The molecule has 5 nitrogen and oxygen atoms in total. The van der Waals surface area contributed by atoms with E-state index in [0.717, 1.165) is 0 Å². The lowest BCUT2D eigenvalue weighted by atomic mass is 10.0. The molecule has 2 rings (SSSR count). The molecule has 1 amide bonds. The Morgan fingerprint density at radius 3 is 2.31 bits per heavy atom. The summed E-state index contributed by atoms with van der Waals surface area (Å²) in [5.41, 5.74) is 0. The van der Waals surface area contributed by atoms with Gasteiger partial charge in [-0.05, 0) is 12.8 Å². The van der Waals surface area contributed by atoms with Gasteiger partial charge in [0.15, 0.2) is 0 Å². The molecule has 0 bridgehead atoms. The van der Waals surface area contributed by atoms with Gasteiger partial charge in [0.1, 0.15) is 15.6 Å². The van der Waals surface area contributed by atoms with Gasteiger partial charge in [-0.25, -0.2) is 8.42 Å². The third-order valence-corrected chi connectivity index (χ3v) is 4.98. The SMILES string of the molecule is O=C1CCN(C2CCS(=O)(=O)CC2)C(=O)C1. The lowest BCUT2D eigenvalue weighted by molar-refractivity contribution is -0.141. The Bertz CT molecular complexity index is 401. The molecule has 0 N–H and O–H groups in total. The lowest BCUT2D eigenvalue weighted by Crippen LogP contribution is -2.48. The Morgan fingerprint density at radius 2 is 1.75 bits per heavy atom. The molecule has 90 valence electrons. The fourth-order valence-electron chi connectivity index (χ4n) is 2.30. The van der Waals surface area contributed by atoms with E-state index in [9.17, 15) is 18.0 Å². The first-order valence-electron chi connectivity index (χ1n) is 5.49. The molecule has 0 aliphatic carbocycles. The Labute approximate surface area is 94.7 Å². The standard InChI is InChI=1S/C10H15NO4S/c12-9-1-4-11(10(13)7-9)8-2-5-16(14,15)6-3-8/h8H,1-7H2. The highest BCUT2D eigenvalue weighted by atomic mass is 32.2. The summed E-state index contributed by atoms with van der Waals surface area (Å²) in [7, 11) is -2.89. The summed E-state index contributed by atoms with van der Waals surface area (Å²) >= 11 is 0. The molecule has 0 radical (unpaired) electrons. The Balaban J connectivity index is 1.99. The van der Waals surface area contributed by atoms with Gasteiger partial charge in [0.2, 0.25) is 5.91 Å². The van der Waals surface area contributed by atoms with Crippen LogP contribution in [0.2, 0.25) is 0 Å². The van der Waals surface area contributed by atoms with Gasteiger partial charge in [0.25, 0.3) is 0 Å². The predicted octanol–water partition coefficient (Wildman–Crippen LogP) is -0.245. The zero-order chi connectivity index (χ0) is 11.8. The largest absolute Gasteiger partial charge is 0.339 e. The maximum atomic E-state index is 11.6. The minimum absolute atomic E-state index is 0.00955. The molecule has 2 aliphatic heterocycles. The first kappa shape index (κ1) is 11.6. The van der Waals surface area contributed by atoms with Crippen LogP contribution in [0, 0.1) is 0 Å². The van der Waals surface area contributed by atoms with E-state index in [1.807, 2.05) is 0 Å². The molecular weight excluding hydrogens is 230 g/mol. The fraction of sp³-hybridized carbons (Fsp3) is 0.800. The number of carbonyl (C=O) groups is 2. The molecule has 0 aromatic carbocycles. The monoisotopic (exact) mass is 245 g/mol. The van der Waals surface area contributed by atoms with Crippen LogP contribution in [0.25, 0.3) is 0 Å². The van der Waals surface area contributed by atoms with E-state index in [1.54, 1.807) is 4.90 Å². The van der Waals surface area contributed by atoms with Crippen LogP contribution in [0.5, 0.6) is 0 Å². The first-order chi connectivity index (χ1) is 7.48. The molecule has 0 aromatic heterocycles. The molecule has 0 saturated carbocycles. The Kier molecular flexibility index (Phi) is 3.01. The number of likely N-dealkylation sites (tertiary alicyclic amines) is 1. The molecule has 0 unspecified atom stereocenters. The summed E-state index contributed by atoms with van der Waals surface area (Å²) in [5.74, 6) is 0.176. The third kappa shape index (κ3) is 2.42. The van der Waals surface area contributed by atoms with Crippen molar-refractivity contribution in [3.05, 3.63) is 0 Å². The zero-order valence-corrected chi connectivity index (χ0v) is 9.83. The lowest BCUT2D eigenvalue weighted by Gasteiger charge is -2.36. The number of nitrogens with zero attached hydrogens (tertiary/aromatic N) is 1. The molecule has 2 saturated heterocycles. The van der Waals surface area contributed by atoms with Gasteiger partial charge in [-0.3, -0.25) is 9.59 Å². The number of rotatable bonds is 1. The number of sulfone groups is 1. The van der Waals surface area contributed by atoms with Crippen molar-refractivity contribution in [1.29, 1.82) is 0 Å². The van der Waals surface area contributed by atoms with E-state index >= 15 is 0 Å². The van der Waals surface area contributed by atoms with Crippen LogP contribution in [-0.4, -0.2) is 49.1 Å². The van der Waals surface area contributed by atoms with E-state index < -0.39 is 9.84 Å². The van der Waals surface area contributed by atoms with Crippen LogP contribution in [0.4, 0.5) is 0 Å². The number of carbonyl (C=O) groups excluding carboxylic acids is 2. The van der Waals surface area contributed by atoms with Crippen molar-refractivity contribution in [2.75, 3.05) is 18.1 Å². The maximum Gasteiger partial charge on any atom is 0.230 e. The van der Waals surface area contributed by atoms with Crippen LogP contribution in [-0.2, 0) is 19.4 Å². The fourth-order valence-corrected chi connectivity index (χ4v) is 3.77. The second-order valence-electron chi connectivity index (χ2n) is 4.44. The molecule has 16 heavy (non-hydrogen) atoms. The summed E-state index contributed by atoms with van der Waals surface area (Å²) in [4.78, 5) is 24.4. The number of hydrogen-bond donors (Lipinski definition) is 0. The highest BCUT2D eigenvalue weighted by molar-refractivity contribution is 7.91. The van der Waals surface area contributed by atoms with Gasteiger partial charge < -0.3 is 4.90 Å². The van der Waals surface area contributed by atoms with E-state index in [4.69, 9.17) is 0 Å². The summed E-state index contributed by atoms with van der Waals surface area (Å²) in [6.45, 7) is 0.461. The molecule has 0 spiro atoms. The quantitative estimate of drug-likeness (QED) is 0.597. The summed E-state index contributed by atoms with van der Waals surface area (Å²) in [6.07, 6.45) is 1.43. The Hall–Kier alpha value is -0.910. The minimum Gasteiger partial charge on any atom is -0.339 e. The van der Waals surface area contributed by atoms with Crippen LogP contribution in [0.15, 0.2) is 0 Å². The smallest absolute Gasteiger partial charge is 0.230 e. The second kappa shape index (κ2) is 4.16. The van der Waals surface area contributed by atoms with Crippen molar-refractivity contribution in [3.8, 4) is 0 Å². The second-order valence-corrected chi connectivity index (χ2v) is 6.74. The number of piperidine rings is 1. The first-order valence-corrected chi connectivity index (χ1v) is 7.32. The summed E-state index contributed by atoms with van der Waals surface area (Å²) < 4.78 is 22.5.